The molecule has 0 aromatic carbocycles. The molecule has 1 N–H and O–H groups in total. The quantitative estimate of drug-likeness (QED) is 0.871. The number of nitrogens with one attached hydrogen (secondary N) is 1. The Balaban J connectivity index is 1.54. The average molecular weight is 249 g/mol. The predicted octanol–water partition coefficient (Wildman–Crippen LogP) is 2.55. The van der Waals surface area contributed by atoms with Crippen molar-refractivity contribution in [2.24, 2.45) is 17.8 Å². The molecule has 3 rings (SSSR count). The molecule has 1 aromatic rings. The molecule has 0 radical (unpaired) electrons. The highest BCUT2D eigenvalue weighted by molar-refractivity contribution is 4.94. The van der Waals surface area contributed by atoms with Crippen LogP contribution in [0.25, 0.3) is 0 Å². The first-order valence-corrected chi connectivity index (χ1v) is 7.25. The van der Waals surface area contributed by atoms with E-state index in [1.54, 1.807) is 0 Å². The number of aromatic nitrogens is 2. The van der Waals surface area contributed by atoms with Gasteiger partial charge in [-0.3, -0.25) is 0 Å². The second-order valence-electron chi connectivity index (χ2n) is 6.26. The summed E-state index contributed by atoms with van der Waals surface area (Å²) in [4.78, 5) is 0. The Bertz CT molecular complexity index is 401. The van der Waals surface area contributed by atoms with Gasteiger partial charge in [0.1, 0.15) is 0 Å². The summed E-state index contributed by atoms with van der Waals surface area (Å²) in [6, 6.07) is 0.450. The van der Waals surface area contributed by atoms with E-state index >= 15 is 0 Å². The van der Waals surface area contributed by atoms with E-state index in [-0.39, 0.29) is 0 Å². The number of hydrogen-bond acceptors (Lipinski definition) is 4. The zero-order valence-corrected chi connectivity index (χ0v) is 11.4. The molecule has 0 aliphatic heterocycles. The molecule has 4 nitrogen and oxygen atoms in total. The highest BCUT2D eigenvalue weighted by atomic mass is 16.4. The van der Waals surface area contributed by atoms with Crippen molar-refractivity contribution < 1.29 is 4.42 Å². The van der Waals surface area contributed by atoms with E-state index < -0.39 is 0 Å². The molecule has 0 saturated heterocycles. The fourth-order valence-corrected chi connectivity index (χ4v) is 3.58. The molecular formula is C14H23N3O. The van der Waals surface area contributed by atoms with Crippen molar-refractivity contribution in [3.8, 4) is 0 Å². The van der Waals surface area contributed by atoms with Crippen LogP contribution in [0.5, 0.6) is 0 Å². The summed E-state index contributed by atoms with van der Waals surface area (Å²) < 4.78 is 5.72. The lowest BCUT2D eigenvalue weighted by atomic mass is 9.86. The molecule has 1 aromatic heterocycles. The van der Waals surface area contributed by atoms with Crippen LogP contribution in [0.15, 0.2) is 4.42 Å². The smallest absolute Gasteiger partial charge is 0.230 e. The van der Waals surface area contributed by atoms with E-state index in [1.165, 1.54) is 25.7 Å². The van der Waals surface area contributed by atoms with E-state index in [4.69, 9.17) is 4.42 Å². The van der Waals surface area contributed by atoms with Crippen LogP contribution in [-0.2, 0) is 13.0 Å². The largest absolute Gasteiger partial charge is 0.424 e. The van der Waals surface area contributed by atoms with Gasteiger partial charge >= 0.3 is 0 Å². The Morgan fingerprint density at radius 1 is 1.22 bits per heavy atom. The minimum atomic E-state index is 0.450. The zero-order chi connectivity index (χ0) is 12.5. The summed E-state index contributed by atoms with van der Waals surface area (Å²) in [5.41, 5.74) is 0. The Labute approximate surface area is 109 Å². The van der Waals surface area contributed by atoms with Crippen LogP contribution in [0.2, 0.25) is 0 Å². The molecule has 4 heteroatoms. The van der Waals surface area contributed by atoms with Crippen molar-refractivity contribution >= 4 is 0 Å². The normalized spacial score (nSPS) is 30.5. The molecule has 3 atom stereocenters. The van der Waals surface area contributed by atoms with Crippen LogP contribution in [0.4, 0.5) is 0 Å². The molecule has 2 saturated carbocycles. The molecule has 1 heterocycles. The molecule has 2 aliphatic rings. The molecule has 2 bridgehead atoms. The van der Waals surface area contributed by atoms with Crippen molar-refractivity contribution in [3.63, 3.8) is 0 Å². The van der Waals surface area contributed by atoms with E-state index in [2.05, 4.69) is 29.4 Å². The minimum Gasteiger partial charge on any atom is -0.424 e. The van der Waals surface area contributed by atoms with Crippen LogP contribution < -0.4 is 5.32 Å². The molecule has 2 aliphatic carbocycles. The van der Waals surface area contributed by atoms with Crippen molar-refractivity contribution in [3.05, 3.63) is 11.8 Å². The monoisotopic (exact) mass is 249 g/mol. The fraction of sp³-hybridized carbons (Fsp3) is 0.857. The number of nitrogens with zero attached hydrogens (tertiary/aromatic N) is 2. The van der Waals surface area contributed by atoms with Crippen LogP contribution in [0.3, 0.4) is 0 Å². The van der Waals surface area contributed by atoms with Crippen molar-refractivity contribution in [1.29, 1.82) is 0 Å². The van der Waals surface area contributed by atoms with Crippen molar-refractivity contribution in [1.82, 2.24) is 15.5 Å². The molecule has 3 unspecified atom stereocenters. The first-order chi connectivity index (χ1) is 8.70. The first kappa shape index (κ1) is 12.2. The molecule has 18 heavy (non-hydrogen) atoms. The number of hydrogen-bond donors (Lipinski definition) is 1. The van der Waals surface area contributed by atoms with Gasteiger partial charge in [-0.15, -0.1) is 10.2 Å². The summed E-state index contributed by atoms with van der Waals surface area (Å²) in [6.45, 7) is 4.92. The third-order valence-electron chi connectivity index (χ3n) is 4.49. The van der Waals surface area contributed by atoms with Crippen LogP contribution >= 0.6 is 0 Å². The van der Waals surface area contributed by atoms with Gasteiger partial charge in [0.2, 0.25) is 11.8 Å². The van der Waals surface area contributed by atoms with Crippen molar-refractivity contribution in [2.75, 3.05) is 0 Å². The molecule has 2 fully saturated rings. The standard InChI is InChI=1S/C14H23N3O/c1-9(2)15-8-14-17-16-13(18-14)7-12-6-10-3-4-11(12)5-10/h9-12,15H,3-8H2,1-2H3. The van der Waals surface area contributed by atoms with Gasteiger partial charge in [-0.25, -0.2) is 0 Å². The summed E-state index contributed by atoms with van der Waals surface area (Å²) in [6.07, 6.45) is 6.70. The van der Waals surface area contributed by atoms with Gasteiger partial charge in [0, 0.05) is 12.5 Å². The molecule has 0 amide bonds. The Morgan fingerprint density at radius 3 is 2.72 bits per heavy atom. The Kier molecular flexibility index (Phi) is 3.37. The van der Waals surface area contributed by atoms with Gasteiger partial charge < -0.3 is 9.73 Å². The SMILES string of the molecule is CC(C)NCc1nnc(CC2CC3CCC2C3)o1. The van der Waals surface area contributed by atoms with Crippen LogP contribution in [0, 0.1) is 17.8 Å². The summed E-state index contributed by atoms with van der Waals surface area (Å²) in [7, 11) is 0. The maximum Gasteiger partial charge on any atom is 0.230 e. The van der Waals surface area contributed by atoms with Gasteiger partial charge in [0.05, 0.1) is 6.54 Å². The zero-order valence-electron chi connectivity index (χ0n) is 11.4. The fourth-order valence-electron chi connectivity index (χ4n) is 3.58. The third kappa shape index (κ3) is 2.58. The molecule has 100 valence electrons. The maximum absolute atomic E-state index is 5.72. The molecule has 0 spiro atoms. The summed E-state index contributed by atoms with van der Waals surface area (Å²) in [5, 5.41) is 11.6. The van der Waals surface area contributed by atoms with E-state index in [0.717, 1.165) is 36.0 Å². The second kappa shape index (κ2) is 5.00. The maximum atomic E-state index is 5.72. The second-order valence-corrected chi connectivity index (χ2v) is 6.26. The van der Waals surface area contributed by atoms with Gasteiger partial charge in [0.25, 0.3) is 0 Å². The third-order valence-corrected chi connectivity index (χ3v) is 4.49. The van der Waals surface area contributed by atoms with Gasteiger partial charge in [-0.05, 0) is 37.0 Å². The Hall–Kier alpha value is -0.900. The lowest BCUT2D eigenvalue weighted by Crippen LogP contribution is -2.21. The number of rotatable bonds is 5. The van der Waals surface area contributed by atoms with Gasteiger partial charge in [-0.1, -0.05) is 20.3 Å². The molecular weight excluding hydrogens is 226 g/mol. The topological polar surface area (TPSA) is 51.0 Å². The minimum absolute atomic E-state index is 0.450. The highest BCUT2D eigenvalue weighted by Gasteiger charge is 2.39. The van der Waals surface area contributed by atoms with Gasteiger partial charge in [0.15, 0.2) is 0 Å². The van der Waals surface area contributed by atoms with Crippen LogP contribution in [-0.4, -0.2) is 16.2 Å². The summed E-state index contributed by atoms with van der Waals surface area (Å²) >= 11 is 0. The summed E-state index contributed by atoms with van der Waals surface area (Å²) in [5.74, 6) is 4.29. The van der Waals surface area contributed by atoms with E-state index in [0.29, 0.717) is 12.6 Å². The lowest BCUT2D eigenvalue weighted by molar-refractivity contribution is 0.302. The van der Waals surface area contributed by atoms with E-state index in [9.17, 15) is 0 Å². The first-order valence-electron chi connectivity index (χ1n) is 7.25. The Morgan fingerprint density at radius 2 is 2.06 bits per heavy atom. The number of fused-ring (bicyclic) bond motifs is 2. The van der Waals surface area contributed by atoms with Crippen LogP contribution in [0.1, 0.15) is 51.3 Å². The lowest BCUT2D eigenvalue weighted by Gasteiger charge is -2.19. The van der Waals surface area contributed by atoms with Gasteiger partial charge in [-0.2, -0.15) is 0 Å². The highest BCUT2D eigenvalue weighted by Crippen LogP contribution is 2.49. The average Bonchev–Trinajstić information content (AvgIpc) is 3.02. The predicted molar refractivity (Wildman–Crippen MR) is 68.9 cm³/mol. The van der Waals surface area contributed by atoms with E-state index in [1.807, 2.05) is 0 Å². The van der Waals surface area contributed by atoms with Crippen molar-refractivity contribution in [2.45, 2.75) is 58.5 Å².